The van der Waals surface area contributed by atoms with E-state index in [1.807, 2.05) is 20.8 Å². The Morgan fingerprint density at radius 3 is 2.87 bits per heavy atom. The Bertz CT molecular complexity index is 584. The summed E-state index contributed by atoms with van der Waals surface area (Å²) in [5.74, 6) is 0. The molecule has 0 spiro atoms. The van der Waals surface area contributed by atoms with E-state index in [4.69, 9.17) is 15.2 Å². The lowest BCUT2D eigenvalue weighted by atomic mass is 10.2. The fourth-order valence-electron chi connectivity index (χ4n) is 1.94. The number of nitrogens with two attached hydrogens (primary N) is 1. The lowest BCUT2D eigenvalue weighted by molar-refractivity contribution is 0.0283. The molecule has 9 heteroatoms. The van der Waals surface area contributed by atoms with Crippen LogP contribution in [-0.4, -0.2) is 53.9 Å². The molecule has 0 radical (unpaired) electrons. The van der Waals surface area contributed by atoms with Crippen molar-refractivity contribution in [2.45, 2.75) is 39.0 Å². The van der Waals surface area contributed by atoms with E-state index in [1.165, 1.54) is 21.1 Å². The zero-order chi connectivity index (χ0) is 17.2. The molecule has 0 aromatic carbocycles. The van der Waals surface area contributed by atoms with Crippen LogP contribution in [0.5, 0.6) is 0 Å². The van der Waals surface area contributed by atoms with Crippen LogP contribution in [0.15, 0.2) is 5.38 Å². The number of aromatic nitrogens is 1. The van der Waals surface area contributed by atoms with Gasteiger partial charge in [0.2, 0.25) is 0 Å². The standard InChI is InChI=1S/C14H22N4O4S/c1-14(2,3)22-12(19)17(4)6-9-8-23-11(16-9)18-7-10(5-15)21-13(18)20/h8,10H,5-7,15H2,1-4H3/t10-/m0/s1. The predicted molar refractivity (Wildman–Crippen MR) is 86.5 cm³/mol. The lowest BCUT2D eigenvalue weighted by Gasteiger charge is -2.24. The van der Waals surface area contributed by atoms with Crippen LogP contribution in [0.4, 0.5) is 14.7 Å². The number of hydrogen-bond acceptors (Lipinski definition) is 7. The van der Waals surface area contributed by atoms with Crippen LogP contribution in [0.2, 0.25) is 0 Å². The van der Waals surface area contributed by atoms with Crippen LogP contribution in [0, 0.1) is 0 Å². The van der Waals surface area contributed by atoms with Gasteiger partial charge in [0.25, 0.3) is 0 Å². The van der Waals surface area contributed by atoms with Gasteiger partial charge in [0.05, 0.1) is 18.8 Å². The Morgan fingerprint density at radius 1 is 1.61 bits per heavy atom. The lowest BCUT2D eigenvalue weighted by Crippen LogP contribution is -2.34. The maximum absolute atomic E-state index is 11.9. The Labute approximate surface area is 139 Å². The van der Waals surface area contributed by atoms with Crippen LogP contribution in [0.3, 0.4) is 0 Å². The maximum Gasteiger partial charge on any atom is 0.416 e. The number of hydrogen-bond donors (Lipinski definition) is 1. The molecule has 0 aliphatic carbocycles. The number of carbonyl (C=O) groups excluding carboxylic acids is 2. The number of carbonyl (C=O) groups is 2. The van der Waals surface area contributed by atoms with Crippen LogP contribution in [0.1, 0.15) is 26.5 Å². The molecule has 1 saturated heterocycles. The van der Waals surface area contributed by atoms with Gasteiger partial charge in [-0.25, -0.2) is 19.5 Å². The quantitative estimate of drug-likeness (QED) is 0.896. The highest BCUT2D eigenvalue weighted by Gasteiger charge is 2.33. The Kier molecular flexibility index (Phi) is 5.10. The second-order valence-electron chi connectivity index (χ2n) is 6.31. The third-order valence-corrected chi connectivity index (χ3v) is 3.92. The van der Waals surface area contributed by atoms with E-state index < -0.39 is 17.8 Å². The van der Waals surface area contributed by atoms with E-state index in [-0.39, 0.29) is 12.6 Å². The highest BCUT2D eigenvalue weighted by molar-refractivity contribution is 7.14. The first-order valence-corrected chi connectivity index (χ1v) is 8.14. The molecule has 1 aliphatic heterocycles. The highest BCUT2D eigenvalue weighted by Crippen LogP contribution is 2.26. The fourth-order valence-corrected chi connectivity index (χ4v) is 2.76. The number of anilines is 1. The molecule has 23 heavy (non-hydrogen) atoms. The number of rotatable bonds is 4. The first-order chi connectivity index (χ1) is 10.7. The van der Waals surface area contributed by atoms with Crippen molar-refractivity contribution >= 4 is 28.7 Å². The maximum atomic E-state index is 11.9. The molecular formula is C14H22N4O4S. The van der Waals surface area contributed by atoms with Crippen LogP contribution < -0.4 is 10.6 Å². The van der Waals surface area contributed by atoms with Crippen LogP contribution in [-0.2, 0) is 16.0 Å². The second kappa shape index (κ2) is 6.71. The molecule has 1 atom stereocenters. The third-order valence-electron chi connectivity index (χ3n) is 3.01. The van der Waals surface area contributed by atoms with Gasteiger partial charge in [-0.3, -0.25) is 0 Å². The Balaban J connectivity index is 1.97. The van der Waals surface area contributed by atoms with Gasteiger partial charge in [-0.15, -0.1) is 11.3 Å². The first-order valence-electron chi connectivity index (χ1n) is 7.26. The molecule has 2 N–H and O–H groups in total. The summed E-state index contributed by atoms with van der Waals surface area (Å²) in [5.41, 5.74) is 5.65. The van der Waals surface area contributed by atoms with Gasteiger partial charge in [0.15, 0.2) is 5.13 Å². The zero-order valence-electron chi connectivity index (χ0n) is 13.7. The molecule has 0 saturated carbocycles. The van der Waals surface area contributed by atoms with E-state index >= 15 is 0 Å². The minimum atomic E-state index is -0.547. The normalized spacial score (nSPS) is 18.0. The SMILES string of the molecule is CN(Cc1csc(N2C[C@H](CN)OC2=O)n1)C(=O)OC(C)(C)C. The van der Waals surface area contributed by atoms with E-state index in [1.54, 1.807) is 12.4 Å². The van der Waals surface area contributed by atoms with Crippen molar-refractivity contribution in [3.05, 3.63) is 11.1 Å². The average molecular weight is 342 g/mol. The largest absolute Gasteiger partial charge is 0.444 e. The van der Waals surface area contributed by atoms with E-state index in [0.717, 1.165) is 0 Å². The number of amides is 2. The number of nitrogens with zero attached hydrogens (tertiary/aromatic N) is 3. The van der Waals surface area contributed by atoms with Crippen molar-refractivity contribution in [1.29, 1.82) is 0 Å². The Morgan fingerprint density at radius 2 is 2.30 bits per heavy atom. The van der Waals surface area contributed by atoms with Gasteiger partial charge in [-0.1, -0.05) is 0 Å². The monoisotopic (exact) mass is 342 g/mol. The average Bonchev–Trinajstić information content (AvgIpc) is 3.03. The summed E-state index contributed by atoms with van der Waals surface area (Å²) < 4.78 is 10.4. The summed E-state index contributed by atoms with van der Waals surface area (Å²) in [5, 5.41) is 2.35. The molecule has 2 rings (SSSR count). The van der Waals surface area contributed by atoms with Crippen molar-refractivity contribution in [2.24, 2.45) is 5.73 Å². The van der Waals surface area contributed by atoms with Crippen LogP contribution in [0.25, 0.3) is 0 Å². The summed E-state index contributed by atoms with van der Waals surface area (Å²) in [6.45, 7) is 6.41. The highest BCUT2D eigenvalue weighted by atomic mass is 32.1. The predicted octanol–water partition coefficient (Wildman–Crippen LogP) is 1.79. The van der Waals surface area contributed by atoms with Crippen molar-refractivity contribution in [1.82, 2.24) is 9.88 Å². The molecule has 0 bridgehead atoms. The van der Waals surface area contributed by atoms with Crippen LogP contribution >= 0.6 is 11.3 Å². The van der Waals surface area contributed by atoms with Crippen molar-refractivity contribution in [3.8, 4) is 0 Å². The summed E-state index contributed by atoms with van der Waals surface area (Å²) in [6.07, 6.45) is -1.17. The molecule has 1 fully saturated rings. The van der Waals surface area contributed by atoms with Crippen molar-refractivity contribution in [3.63, 3.8) is 0 Å². The van der Waals surface area contributed by atoms with Gasteiger partial charge in [0.1, 0.15) is 11.7 Å². The van der Waals surface area contributed by atoms with Gasteiger partial charge in [-0.2, -0.15) is 0 Å². The second-order valence-corrected chi connectivity index (χ2v) is 7.15. The van der Waals surface area contributed by atoms with E-state index in [2.05, 4.69) is 4.98 Å². The number of cyclic esters (lactones) is 1. The summed E-state index contributed by atoms with van der Waals surface area (Å²) in [4.78, 5) is 31.0. The molecule has 1 aromatic rings. The third kappa shape index (κ3) is 4.55. The zero-order valence-corrected chi connectivity index (χ0v) is 14.6. The van der Waals surface area contributed by atoms with E-state index in [9.17, 15) is 9.59 Å². The molecule has 1 aliphatic rings. The summed E-state index contributed by atoms with van der Waals surface area (Å²) >= 11 is 1.32. The van der Waals surface area contributed by atoms with Crippen molar-refractivity contribution in [2.75, 3.05) is 25.0 Å². The molecule has 128 valence electrons. The topological polar surface area (TPSA) is 98.0 Å². The fraction of sp³-hybridized carbons (Fsp3) is 0.643. The summed E-state index contributed by atoms with van der Waals surface area (Å²) in [7, 11) is 1.64. The van der Waals surface area contributed by atoms with Crippen molar-refractivity contribution < 1.29 is 19.1 Å². The van der Waals surface area contributed by atoms with Gasteiger partial charge in [0, 0.05) is 19.0 Å². The summed E-state index contributed by atoms with van der Waals surface area (Å²) in [6, 6.07) is 0. The molecule has 0 unspecified atom stereocenters. The first kappa shape index (κ1) is 17.5. The number of thiazole rings is 1. The molecular weight excluding hydrogens is 320 g/mol. The minimum absolute atomic E-state index is 0.280. The van der Waals surface area contributed by atoms with E-state index in [0.29, 0.717) is 23.9 Å². The molecule has 8 nitrogen and oxygen atoms in total. The smallest absolute Gasteiger partial charge is 0.416 e. The molecule has 2 amide bonds. The minimum Gasteiger partial charge on any atom is -0.444 e. The van der Waals surface area contributed by atoms with Gasteiger partial charge >= 0.3 is 12.2 Å². The molecule has 1 aromatic heterocycles. The number of ether oxygens (including phenoxy) is 2. The Hall–Kier alpha value is -1.87. The molecule has 2 heterocycles. The van der Waals surface area contributed by atoms with Gasteiger partial charge < -0.3 is 20.1 Å². The van der Waals surface area contributed by atoms with Gasteiger partial charge in [-0.05, 0) is 20.8 Å².